The highest BCUT2D eigenvalue weighted by Gasteiger charge is 2.60. The van der Waals surface area contributed by atoms with Gasteiger partial charge in [0.05, 0.1) is 18.3 Å². The van der Waals surface area contributed by atoms with Crippen LogP contribution in [0.3, 0.4) is 0 Å². The zero-order valence-electron chi connectivity index (χ0n) is 18.5. The summed E-state index contributed by atoms with van der Waals surface area (Å²) >= 11 is 0. The van der Waals surface area contributed by atoms with Gasteiger partial charge < -0.3 is 14.9 Å². The van der Waals surface area contributed by atoms with Crippen molar-refractivity contribution < 1.29 is 19.1 Å². The molecule has 170 valence electrons. The number of carbonyl (C=O) groups excluding carboxylic acids is 2. The van der Waals surface area contributed by atoms with E-state index in [2.05, 4.69) is 18.9 Å². The Morgan fingerprint density at radius 2 is 1.81 bits per heavy atom. The molecule has 3 fully saturated rings. The van der Waals surface area contributed by atoms with E-state index >= 15 is 0 Å². The molecule has 32 heavy (non-hydrogen) atoms. The van der Waals surface area contributed by atoms with Crippen LogP contribution in [0, 0.1) is 28.5 Å². The van der Waals surface area contributed by atoms with Gasteiger partial charge in [-0.1, -0.05) is 26.0 Å². The van der Waals surface area contributed by atoms with E-state index < -0.39 is 0 Å². The maximum atomic E-state index is 13.1. The van der Waals surface area contributed by atoms with Crippen LogP contribution >= 0.6 is 0 Å². The van der Waals surface area contributed by atoms with Crippen molar-refractivity contribution in [1.82, 2.24) is 19.6 Å². The van der Waals surface area contributed by atoms with E-state index in [-0.39, 0.29) is 46.9 Å². The molecule has 7 nitrogen and oxygen atoms in total. The van der Waals surface area contributed by atoms with E-state index in [1.54, 1.807) is 34.1 Å². The highest BCUT2D eigenvalue weighted by Crippen LogP contribution is 2.54. The van der Waals surface area contributed by atoms with E-state index in [0.717, 1.165) is 12.0 Å². The third kappa shape index (κ3) is 3.60. The largest absolute Gasteiger partial charge is 0.396 e. The number of nitrogens with zero attached hydrogens (tertiary/aromatic N) is 4. The Labute approximate surface area is 186 Å². The van der Waals surface area contributed by atoms with Gasteiger partial charge in [0.15, 0.2) is 0 Å². The zero-order chi connectivity index (χ0) is 22.7. The van der Waals surface area contributed by atoms with Gasteiger partial charge in [-0.15, -0.1) is 0 Å². The van der Waals surface area contributed by atoms with E-state index in [1.807, 2.05) is 4.90 Å². The van der Waals surface area contributed by atoms with Crippen LogP contribution in [0.25, 0.3) is 0 Å². The molecule has 3 heterocycles. The lowest BCUT2D eigenvalue weighted by Crippen LogP contribution is -2.63. The number of halogens is 1. The Hall–Kier alpha value is -2.74. The topological polar surface area (TPSA) is 78.7 Å². The summed E-state index contributed by atoms with van der Waals surface area (Å²) in [5, 5.41) is 14.3. The van der Waals surface area contributed by atoms with Crippen LogP contribution in [-0.2, 0) is 11.3 Å². The summed E-state index contributed by atoms with van der Waals surface area (Å²) in [5.74, 6) is -0.109. The Kier molecular flexibility index (Phi) is 4.89. The van der Waals surface area contributed by atoms with Gasteiger partial charge in [0.2, 0.25) is 5.91 Å². The monoisotopic (exact) mass is 440 g/mol. The standard InChI is InChI=1S/C24H29FN4O3/c1-23(2)7-20(23)22(32)28-14-24(15-28)13-27(11-18(24)12-30)21(31)17-8-26-29(10-17)9-16-3-5-19(25)6-4-16/h3-6,8,10,18,20,30H,7,9,11-15H2,1-2H3/t18-,20+/m0/s1. The average Bonchev–Trinajstić information content (AvgIpc) is 3.10. The zero-order valence-corrected chi connectivity index (χ0v) is 18.5. The smallest absolute Gasteiger partial charge is 0.257 e. The quantitative estimate of drug-likeness (QED) is 0.772. The van der Waals surface area contributed by atoms with Gasteiger partial charge in [0.1, 0.15) is 5.82 Å². The highest BCUT2D eigenvalue weighted by atomic mass is 19.1. The molecule has 1 aliphatic carbocycles. The number of aromatic nitrogens is 2. The second-order valence-electron chi connectivity index (χ2n) is 10.4. The third-order valence-corrected chi connectivity index (χ3v) is 7.59. The first-order valence-electron chi connectivity index (χ1n) is 11.2. The number of likely N-dealkylation sites (tertiary alicyclic amines) is 2. The summed E-state index contributed by atoms with van der Waals surface area (Å²) in [6.07, 6.45) is 4.19. The minimum Gasteiger partial charge on any atom is -0.396 e. The minimum absolute atomic E-state index is 0.00452. The summed E-state index contributed by atoms with van der Waals surface area (Å²) < 4.78 is 14.8. The molecule has 2 aliphatic heterocycles. The van der Waals surface area contributed by atoms with Crippen molar-refractivity contribution in [1.29, 1.82) is 0 Å². The van der Waals surface area contributed by atoms with Gasteiger partial charge in [-0.25, -0.2) is 4.39 Å². The first kappa shape index (κ1) is 21.1. The lowest BCUT2D eigenvalue weighted by molar-refractivity contribution is -0.148. The molecule has 3 aliphatic rings. The highest BCUT2D eigenvalue weighted by molar-refractivity contribution is 5.94. The second kappa shape index (κ2) is 7.40. The Morgan fingerprint density at radius 3 is 2.44 bits per heavy atom. The molecular weight excluding hydrogens is 411 g/mol. The SMILES string of the molecule is CC1(C)C[C@@H]1C(=O)N1CC2(CN(C(=O)c3cnn(Cc4ccc(F)cc4)c3)C[C@H]2CO)C1. The van der Waals surface area contributed by atoms with Crippen molar-refractivity contribution >= 4 is 11.8 Å². The maximum Gasteiger partial charge on any atom is 0.257 e. The first-order valence-corrected chi connectivity index (χ1v) is 11.2. The summed E-state index contributed by atoms with van der Waals surface area (Å²) in [7, 11) is 0. The predicted molar refractivity (Wildman–Crippen MR) is 115 cm³/mol. The lowest BCUT2D eigenvalue weighted by atomic mass is 9.71. The molecule has 1 saturated carbocycles. The number of aliphatic hydroxyl groups excluding tert-OH is 1. The predicted octanol–water partition coefficient (Wildman–Crippen LogP) is 2.01. The van der Waals surface area contributed by atoms with Gasteiger partial charge in [0.25, 0.3) is 5.91 Å². The maximum absolute atomic E-state index is 13.1. The molecule has 8 heteroatoms. The van der Waals surface area contributed by atoms with Crippen LogP contribution in [-0.4, -0.2) is 69.3 Å². The first-order chi connectivity index (χ1) is 15.2. The van der Waals surface area contributed by atoms with Crippen LogP contribution in [0.1, 0.15) is 36.2 Å². The normalized spacial score (nSPS) is 25.1. The Morgan fingerprint density at radius 1 is 1.16 bits per heavy atom. The van der Waals surface area contributed by atoms with Crippen LogP contribution < -0.4 is 0 Å². The van der Waals surface area contributed by atoms with Crippen molar-refractivity contribution in [3.05, 3.63) is 53.6 Å². The number of carbonyl (C=O) groups is 2. The van der Waals surface area contributed by atoms with Crippen LogP contribution in [0.4, 0.5) is 4.39 Å². The molecule has 1 aromatic heterocycles. The van der Waals surface area contributed by atoms with Gasteiger partial charge in [0, 0.05) is 56.2 Å². The molecule has 2 saturated heterocycles. The molecule has 0 radical (unpaired) electrons. The van der Waals surface area contributed by atoms with E-state index in [9.17, 15) is 19.1 Å². The molecule has 2 amide bonds. The fraction of sp³-hybridized carbons (Fsp3) is 0.542. The van der Waals surface area contributed by atoms with E-state index in [4.69, 9.17) is 0 Å². The van der Waals surface area contributed by atoms with Gasteiger partial charge in [-0.2, -0.15) is 5.10 Å². The fourth-order valence-electron chi connectivity index (χ4n) is 5.30. The van der Waals surface area contributed by atoms with Crippen molar-refractivity contribution in [3.8, 4) is 0 Å². The van der Waals surface area contributed by atoms with E-state index in [1.165, 1.54) is 12.1 Å². The number of amides is 2. The molecule has 0 bridgehead atoms. The van der Waals surface area contributed by atoms with Crippen LogP contribution in [0.2, 0.25) is 0 Å². The van der Waals surface area contributed by atoms with Gasteiger partial charge in [-0.3, -0.25) is 14.3 Å². The minimum atomic E-state index is -0.288. The van der Waals surface area contributed by atoms with Gasteiger partial charge >= 0.3 is 0 Å². The molecule has 1 aromatic carbocycles. The van der Waals surface area contributed by atoms with Gasteiger partial charge in [-0.05, 0) is 29.5 Å². The number of benzene rings is 1. The van der Waals surface area contributed by atoms with Crippen molar-refractivity contribution in [3.63, 3.8) is 0 Å². The lowest BCUT2D eigenvalue weighted by Gasteiger charge is -2.50. The molecule has 0 unspecified atom stereocenters. The molecule has 2 aromatic rings. The second-order valence-corrected chi connectivity index (χ2v) is 10.4. The summed E-state index contributed by atoms with van der Waals surface area (Å²) in [6, 6.07) is 6.20. The number of hydrogen-bond donors (Lipinski definition) is 1. The van der Waals surface area contributed by atoms with Crippen LogP contribution in [0.5, 0.6) is 0 Å². The number of aliphatic hydroxyl groups is 1. The van der Waals surface area contributed by atoms with Crippen molar-refractivity contribution in [2.75, 3.05) is 32.8 Å². The Bertz CT molecular complexity index is 1040. The summed E-state index contributed by atoms with van der Waals surface area (Å²) in [6.45, 7) is 6.93. The fourth-order valence-corrected chi connectivity index (χ4v) is 5.30. The van der Waals surface area contributed by atoms with E-state index in [0.29, 0.717) is 38.3 Å². The van der Waals surface area contributed by atoms with Crippen molar-refractivity contribution in [2.45, 2.75) is 26.8 Å². The molecule has 2 atom stereocenters. The summed E-state index contributed by atoms with van der Waals surface area (Å²) in [4.78, 5) is 29.5. The molecule has 1 N–H and O–H groups in total. The average molecular weight is 441 g/mol. The third-order valence-electron chi connectivity index (χ3n) is 7.59. The van der Waals surface area contributed by atoms with Crippen LogP contribution in [0.15, 0.2) is 36.7 Å². The molecular formula is C24H29FN4O3. The van der Waals surface area contributed by atoms with Crippen molar-refractivity contribution in [2.24, 2.45) is 22.7 Å². The molecule has 1 spiro atoms. The molecule has 5 rings (SSSR count). The summed E-state index contributed by atoms with van der Waals surface area (Å²) in [5.41, 5.74) is 1.27. The number of hydrogen-bond acceptors (Lipinski definition) is 4. The Balaban J connectivity index is 1.22. The number of rotatable bonds is 5.